The van der Waals surface area contributed by atoms with E-state index in [0.29, 0.717) is 10.7 Å². The van der Waals surface area contributed by atoms with E-state index in [1.54, 1.807) is 6.92 Å². The first kappa shape index (κ1) is 13.0. The van der Waals surface area contributed by atoms with Gasteiger partial charge >= 0.3 is 5.97 Å². The summed E-state index contributed by atoms with van der Waals surface area (Å²) in [5.74, 6) is -0.605. The number of rotatable bonds is 3. The van der Waals surface area contributed by atoms with Crippen LogP contribution in [0.5, 0.6) is 0 Å². The minimum atomic E-state index is -0.605. The third kappa shape index (κ3) is 3.48. The highest BCUT2D eigenvalue weighted by Gasteiger charge is 2.09. The summed E-state index contributed by atoms with van der Waals surface area (Å²) < 4.78 is 0. The predicted molar refractivity (Wildman–Crippen MR) is 64.0 cm³/mol. The topological polar surface area (TPSA) is 64.7 Å². The summed E-state index contributed by atoms with van der Waals surface area (Å²) in [5, 5.41) is 4.20. The maximum Gasteiger partial charge on any atom is 0.365 e. The van der Waals surface area contributed by atoms with Gasteiger partial charge < -0.3 is 10.6 Å². The molecule has 86 valence electrons. The van der Waals surface area contributed by atoms with Gasteiger partial charge in [0.2, 0.25) is 0 Å². The molecule has 0 aromatic heterocycles. The standard InChI is InChI=1S/C10H10Cl2N2O2/c1-6(5-13)14-16-10(15)7-2-3-8(11)9(12)4-7/h2-4H,5,13H2,1H3. The molecule has 0 bridgehead atoms. The van der Waals surface area contributed by atoms with Crippen molar-refractivity contribution in [3.63, 3.8) is 0 Å². The van der Waals surface area contributed by atoms with E-state index in [-0.39, 0.29) is 17.1 Å². The first-order chi connectivity index (χ1) is 7.54. The minimum Gasteiger partial charge on any atom is -0.325 e. The van der Waals surface area contributed by atoms with Gasteiger partial charge in [0, 0.05) is 6.54 Å². The number of hydrogen-bond donors (Lipinski definition) is 1. The first-order valence-corrected chi connectivity index (χ1v) is 5.20. The van der Waals surface area contributed by atoms with E-state index in [1.165, 1.54) is 18.2 Å². The molecular formula is C10H10Cl2N2O2. The highest BCUT2D eigenvalue weighted by Crippen LogP contribution is 2.22. The number of nitrogens with two attached hydrogens (primary N) is 1. The molecule has 0 aliphatic carbocycles. The molecule has 1 aromatic rings. The van der Waals surface area contributed by atoms with Crippen molar-refractivity contribution < 1.29 is 9.63 Å². The summed E-state index contributed by atoms with van der Waals surface area (Å²) >= 11 is 11.5. The Balaban J connectivity index is 2.77. The number of hydrogen-bond acceptors (Lipinski definition) is 4. The molecule has 1 aromatic carbocycles. The Bertz CT molecular complexity index is 433. The lowest BCUT2D eigenvalue weighted by Gasteiger charge is -2.01. The fourth-order valence-electron chi connectivity index (χ4n) is 0.832. The molecule has 0 heterocycles. The van der Waals surface area contributed by atoms with E-state index in [9.17, 15) is 4.79 Å². The Morgan fingerprint density at radius 1 is 1.44 bits per heavy atom. The molecule has 0 aliphatic rings. The average Bonchev–Trinajstić information content (AvgIpc) is 2.29. The lowest BCUT2D eigenvalue weighted by Crippen LogP contribution is -2.11. The number of benzene rings is 1. The largest absolute Gasteiger partial charge is 0.365 e. The quantitative estimate of drug-likeness (QED) is 0.516. The van der Waals surface area contributed by atoms with Crippen molar-refractivity contribution in [1.82, 2.24) is 0 Å². The summed E-state index contributed by atoms with van der Waals surface area (Å²) in [6.07, 6.45) is 0. The van der Waals surface area contributed by atoms with Crippen LogP contribution < -0.4 is 5.73 Å². The molecule has 2 N–H and O–H groups in total. The second-order valence-electron chi connectivity index (χ2n) is 3.04. The minimum absolute atomic E-state index is 0.231. The third-order valence-electron chi connectivity index (χ3n) is 1.74. The average molecular weight is 261 g/mol. The zero-order valence-corrected chi connectivity index (χ0v) is 10.0. The number of halogens is 2. The molecule has 0 radical (unpaired) electrons. The summed E-state index contributed by atoms with van der Waals surface area (Å²) in [5.41, 5.74) is 6.08. The Hall–Kier alpha value is -1.10. The van der Waals surface area contributed by atoms with Crippen LogP contribution in [0.15, 0.2) is 23.4 Å². The van der Waals surface area contributed by atoms with E-state index in [1.807, 2.05) is 0 Å². The highest BCUT2D eigenvalue weighted by atomic mass is 35.5. The number of oxime groups is 1. The maximum atomic E-state index is 11.5. The van der Waals surface area contributed by atoms with Crippen molar-refractivity contribution in [2.45, 2.75) is 6.92 Å². The lowest BCUT2D eigenvalue weighted by molar-refractivity contribution is 0.0515. The summed E-state index contributed by atoms with van der Waals surface area (Å²) in [6.45, 7) is 1.89. The van der Waals surface area contributed by atoms with Crippen LogP contribution in [-0.2, 0) is 4.84 Å². The van der Waals surface area contributed by atoms with Crippen molar-refractivity contribution in [3.8, 4) is 0 Å². The molecule has 0 spiro atoms. The summed E-state index contributed by atoms with van der Waals surface area (Å²) in [4.78, 5) is 16.1. The molecule has 16 heavy (non-hydrogen) atoms. The van der Waals surface area contributed by atoms with Crippen LogP contribution in [0.3, 0.4) is 0 Å². The molecular weight excluding hydrogens is 251 g/mol. The molecule has 0 saturated carbocycles. The number of nitrogens with zero attached hydrogens (tertiary/aromatic N) is 1. The van der Waals surface area contributed by atoms with E-state index >= 15 is 0 Å². The van der Waals surface area contributed by atoms with Gasteiger partial charge in [0.1, 0.15) is 0 Å². The number of carbonyl (C=O) groups is 1. The second-order valence-corrected chi connectivity index (χ2v) is 3.85. The van der Waals surface area contributed by atoms with Crippen molar-refractivity contribution in [1.29, 1.82) is 0 Å². The Kier molecular flexibility index (Phi) is 4.73. The van der Waals surface area contributed by atoms with Crippen LogP contribution in [0, 0.1) is 0 Å². The molecule has 0 atom stereocenters. The van der Waals surface area contributed by atoms with Gasteiger partial charge in [0.05, 0.1) is 21.3 Å². The zero-order valence-electron chi connectivity index (χ0n) is 8.54. The molecule has 0 aliphatic heterocycles. The van der Waals surface area contributed by atoms with Gasteiger partial charge in [-0.1, -0.05) is 28.4 Å². The Morgan fingerprint density at radius 3 is 2.69 bits per heavy atom. The smallest absolute Gasteiger partial charge is 0.325 e. The van der Waals surface area contributed by atoms with Gasteiger partial charge in [-0.2, -0.15) is 0 Å². The summed E-state index contributed by atoms with van der Waals surface area (Å²) in [7, 11) is 0. The van der Waals surface area contributed by atoms with Gasteiger partial charge in [-0.05, 0) is 25.1 Å². The van der Waals surface area contributed by atoms with E-state index in [4.69, 9.17) is 28.9 Å². The van der Waals surface area contributed by atoms with Gasteiger partial charge in [-0.3, -0.25) is 0 Å². The van der Waals surface area contributed by atoms with E-state index < -0.39 is 5.97 Å². The van der Waals surface area contributed by atoms with Crippen molar-refractivity contribution in [2.24, 2.45) is 10.9 Å². The number of carbonyl (C=O) groups excluding carboxylic acids is 1. The molecule has 4 nitrogen and oxygen atoms in total. The van der Waals surface area contributed by atoms with Crippen LogP contribution in [0.1, 0.15) is 17.3 Å². The Labute approximate surface area is 103 Å². The van der Waals surface area contributed by atoms with Crippen LogP contribution in [0.25, 0.3) is 0 Å². The second kappa shape index (κ2) is 5.84. The van der Waals surface area contributed by atoms with Gasteiger partial charge in [-0.25, -0.2) is 4.79 Å². The van der Waals surface area contributed by atoms with Crippen molar-refractivity contribution in [2.75, 3.05) is 6.54 Å². The SMILES string of the molecule is CC(CN)=NOC(=O)c1ccc(Cl)c(Cl)c1. The highest BCUT2D eigenvalue weighted by molar-refractivity contribution is 6.42. The fourth-order valence-corrected chi connectivity index (χ4v) is 1.13. The molecule has 0 fully saturated rings. The van der Waals surface area contributed by atoms with Crippen LogP contribution in [0.2, 0.25) is 10.0 Å². The molecule has 0 amide bonds. The normalized spacial score (nSPS) is 11.4. The first-order valence-electron chi connectivity index (χ1n) is 4.44. The molecule has 0 saturated heterocycles. The van der Waals surface area contributed by atoms with Gasteiger partial charge in [0.25, 0.3) is 0 Å². The van der Waals surface area contributed by atoms with Crippen LogP contribution in [-0.4, -0.2) is 18.2 Å². The third-order valence-corrected chi connectivity index (χ3v) is 2.47. The van der Waals surface area contributed by atoms with Gasteiger partial charge in [0.15, 0.2) is 0 Å². The molecule has 1 rings (SSSR count). The maximum absolute atomic E-state index is 11.5. The molecule has 0 unspecified atom stereocenters. The summed E-state index contributed by atoms with van der Waals surface area (Å²) in [6, 6.07) is 4.43. The van der Waals surface area contributed by atoms with Crippen LogP contribution in [0.4, 0.5) is 0 Å². The fraction of sp³-hybridized carbons (Fsp3) is 0.200. The van der Waals surface area contributed by atoms with E-state index in [2.05, 4.69) is 9.99 Å². The Morgan fingerprint density at radius 2 is 2.12 bits per heavy atom. The monoisotopic (exact) mass is 260 g/mol. The van der Waals surface area contributed by atoms with Gasteiger partial charge in [-0.15, -0.1) is 0 Å². The molecule has 6 heteroatoms. The lowest BCUT2D eigenvalue weighted by atomic mass is 10.2. The van der Waals surface area contributed by atoms with Crippen LogP contribution >= 0.6 is 23.2 Å². The van der Waals surface area contributed by atoms with E-state index in [0.717, 1.165) is 0 Å². The predicted octanol–water partition coefficient (Wildman–Crippen LogP) is 2.48. The van der Waals surface area contributed by atoms with Crippen molar-refractivity contribution in [3.05, 3.63) is 33.8 Å². The van der Waals surface area contributed by atoms with Crippen molar-refractivity contribution >= 4 is 34.9 Å². The zero-order chi connectivity index (χ0) is 12.1.